The van der Waals surface area contributed by atoms with Crippen LogP contribution in [0.1, 0.15) is 27.6 Å². The summed E-state index contributed by atoms with van der Waals surface area (Å²) in [7, 11) is 1.15. The number of Topliss-reactive ketones (excluding diaryl/α,β-unsaturated/α-hetero) is 1. The van der Waals surface area contributed by atoms with E-state index in [-0.39, 0.29) is 16.9 Å². The third-order valence-electron chi connectivity index (χ3n) is 3.38. The van der Waals surface area contributed by atoms with Gasteiger partial charge >= 0.3 is 11.7 Å². The Hall–Kier alpha value is -3.29. The Morgan fingerprint density at radius 3 is 2.28 bits per heavy atom. The molecule has 2 rings (SSSR count). The number of carbonyl (C=O) groups is 2. The number of nitro benzene ring substituents is 1. The number of ketones is 1. The van der Waals surface area contributed by atoms with Crippen LogP contribution in [0.2, 0.25) is 0 Å². The zero-order chi connectivity index (χ0) is 18.6. The van der Waals surface area contributed by atoms with Crippen LogP contribution in [0.3, 0.4) is 0 Å². The molecule has 0 aliphatic heterocycles. The van der Waals surface area contributed by atoms with Gasteiger partial charge in [-0.15, -0.1) is 0 Å². The highest BCUT2D eigenvalue weighted by Gasteiger charge is 2.24. The zero-order valence-corrected chi connectivity index (χ0v) is 13.4. The number of carbonyl (C=O) groups excluding carboxylic acids is 2. The topological polar surface area (TPSA) is 95.7 Å². The lowest BCUT2D eigenvalue weighted by Crippen LogP contribution is -2.24. The van der Waals surface area contributed by atoms with E-state index in [4.69, 9.17) is 4.74 Å². The van der Waals surface area contributed by atoms with Crippen molar-refractivity contribution in [1.29, 1.82) is 0 Å². The molecule has 8 heteroatoms. The van der Waals surface area contributed by atoms with Crippen LogP contribution in [0.5, 0.6) is 5.75 Å². The van der Waals surface area contributed by atoms with E-state index in [0.717, 1.165) is 25.3 Å². The molecule has 0 saturated carbocycles. The minimum atomic E-state index is -1.05. The van der Waals surface area contributed by atoms with Crippen molar-refractivity contribution < 1.29 is 28.4 Å². The lowest BCUT2D eigenvalue weighted by molar-refractivity contribution is -0.386. The largest absolute Gasteiger partial charge is 0.475 e. The number of halogens is 1. The first-order chi connectivity index (χ1) is 11.8. The molecule has 0 N–H and O–H groups in total. The maximum atomic E-state index is 12.9. The minimum absolute atomic E-state index is 0.0148. The molecule has 0 fully saturated rings. The van der Waals surface area contributed by atoms with Crippen molar-refractivity contribution in [3.63, 3.8) is 0 Å². The number of hydrogen-bond donors (Lipinski definition) is 0. The van der Waals surface area contributed by atoms with Crippen LogP contribution in [-0.4, -0.2) is 29.9 Å². The molecule has 0 bridgehead atoms. The second kappa shape index (κ2) is 7.52. The predicted octanol–water partition coefficient (Wildman–Crippen LogP) is 3.17. The van der Waals surface area contributed by atoms with Crippen molar-refractivity contribution >= 4 is 17.4 Å². The quantitative estimate of drug-likeness (QED) is 0.345. The van der Waals surface area contributed by atoms with Crippen molar-refractivity contribution in [2.75, 3.05) is 7.11 Å². The second-order valence-corrected chi connectivity index (χ2v) is 5.06. The van der Waals surface area contributed by atoms with Gasteiger partial charge in [0.05, 0.1) is 17.6 Å². The fraction of sp³-hybridized carbons (Fsp3) is 0.176. The van der Waals surface area contributed by atoms with Crippen molar-refractivity contribution in [2.24, 2.45) is 0 Å². The molecule has 130 valence electrons. The van der Waals surface area contributed by atoms with Gasteiger partial charge in [-0.05, 0) is 43.3 Å². The molecule has 25 heavy (non-hydrogen) atoms. The molecule has 0 saturated heterocycles. The number of rotatable bonds is 6. The monoisotopic (exact) mass is 347 g/mol. The third-order valence-corrected chi connectivity index (χ3v) is 3.38. The smallest absolute Gasteiger partial charge is 0.338 e. The molecular formula is C17H14FNO6. The lowest BCUT2D eigenvalue weighted by atomic mass is 10.1. The molecule has 0 heterocycles. The van der Waals surface area contributed by atoms with Gasteiger partial charge in [-0.1, -0.05) is 0 Å². The van der Waals surface area contributed by atoms with E-state index in [0.29, 0.717) is 0 Å². The van der Waals surface area contributed by atoms with Gasteiger partial charge in [-0.2, -0.15) is 0 Å². The third kappa shape index (κ3) is 4.17. The molecule has 2 aromatic carbocycles. The summed E-state index contributed by atoms with van der Waals surface area (Å²) in [5.41, 5.74) is -0.275. The Bertz CT molecular complexity index is 818. The van der Waals surface area contributed by atoms with Gasteiger partial charge in [0.25, 0.3) is 0 Å². The van der Waals surface area contributed by atoms with Gasteiger partial charge in [0.15, 0.2) is 11.9 Å². The van der Waals surface area contributed by atoms with Gasteiger partial charge in [-0.3, -0.25) is 14.9 Å². The number of esters is 1. The van der Waals surface area contributed by atoms with E-state index in [1.807, 2.05) is 0 Å². The molecule has 0 unspecified atom stereocenters. The fourth-order valence-electron chi connectivity index (χ4n) is 2.10. The van der Waals surface area contributed by atoms with Crippen LogP contribution < -0.4 is 4.74 Å². The molecule has 0 amide bonds. The fourth-order valence-corrected chi connectivity index (χ4v) is 2.10. The summed E-state index contributed by atoms with van der Waals surface area (Å²) in [6, 6.07) is 8.39. The van der Waals surface area contributed by atoms with Gasteiger partial charge in [0.2, 0.25) is 5.78 Å². The minimum Gasteiger partial charge on any atom is -0.475 e. The van der Waals surface area contributed by atoms with Crippen molar-refractivity contribution in [3.8, 4) is 5.75 Å². The lowest BCUT2D eigenvalue weighted by Gasteiger charge is -2.14. The summed E-state index contributed by atoms with van der Waals surface area (Å²) >= 11 is 0. The number of nitrogens with zero attached hydrogens (tertiary/aromatic N) is 1. The Labute approximate surface area is 142 Å². The van der Waals surface area contributed by atoms with E-state index in [1.165, 1.54) is 31.2 Å². The summed E-state index contributed by atoms with van der Waals surface area (Å²) in [4.78, 5) is 34.2. The maximum Gasteiger partial charge on any atom is 0.338 e. The van der Waals surface area contributed by atoms with Crippen LogP contribution >= 0.6 is 0 Å². The van der Waals surface area contributed by atoms with Gasteiger partial charge in [-0.25, -0.2) is 9.18 Å². The maximum absolute atomic E-state index is 12.9. The van der Waals surface area contributed by atoms with E-state index >= 15 is 0 Å². The van der Waals surface area contributed by atoms with Gasteiger partial charge in [0.1, 0.15) is 5.82 Å². The molecule has 0 aliphatic carbocycles. The highest BCUT2D eigenvalue weighted by Crippen LogP contribution is 2.29. The number of methoxy groups -OCH3 is 1. The summed E-state index contributed by atoms with van der Waals surface area (Å²) in [5.74, 6) is -1.85. The molecule has 0 aromatic heterocycles. The van der Waals surface area contributed by atoms with E-state index in [2.05, 4.69) is 4.74 Å². The highest BCUT2D eigenvalue weighted by molar-refractivity contribution is 5.99. The summed E-state index contributed by atoms with van der Waals surface area (Å²) in [5, 5.41) is 11.2. The zero-order valence-electron chi connectivity index (χ0n) is 13.4. The summed E-state index contributed by atoms with van der Waals surface area (Å²) in [6.07, 6.45) is -1.05. The molecule has 0 aliphatic rings. The molecular weight excluding hydrogens is 333 g/mol. The van der Waals surface area contributed by atoms with Gasteiger partial charge < -0.3 is 9.47 Å². The second-order valence-electron chi connectivity index (χ2n) is 5.06. The molecule has 1 atom stereocenters. The van der Waals surface area contributed by atoms with Crippen molar-refractivity contribution in [3.05, 3.63) is 69.5 Å². The molecule has 0 radical (unpaired) electrons. The molecule has 7 nitrogen and oxygen atoms in total. The van der Waals surface area contributed by atoms with E-state index < -0.39 is 34.3 Å². The van der Waals surface area contributed by atoms with Crippen molar-refractivity contribution in [2.45, 2.75) is 13.0 Å². The SMILES string of the molecule is COC(=O)c1ccc(O[C@H](C)C(=O)c2ccc(F)cc2)c([N+](=O)[O-])c1. The number of hydrogen-bond acceptors (Lipinski definition) is 6. The number of benzene rings is 2. The Kier molecular flexibility index (Phi) is 5.43. The molecule has 2 aromatic rings. The van der Waals surface area contributed by atoms with Crippen LogP contribution in [0.4, 0.5) is 10.1 Å². The van der Waals surface area contributed by atoms with Crippen molar-refractivity contribution in [1.82, 2.24) is 0 Å². The summed E-state index contributed by atoms with van der Waals surface area (Å²) < 4.78 is 22.8. The predicted molar refractivity (Wildman–Crippen MR) is 85.3 cm³/mol. The van der Waals surface area contributed by atoms with Gasteiger partial charge in [0, 0.05) is 11.6 Å². The first kappa shape index (κ1) is 18.1. The highest BCUT2D eigenvalue weighted by atomic mass is 19.1. The van der Waals surface area contributed by atoms with E-state index in [9.17, 15) is 24.1 Å². The van der Waals surface area contributed by atoms with Crippen LogP contribution in [-0.2, 0) is 4.74 Å². The van der Waals surface area contributed by atoms with Crippen LogP contribution in [0.25, 0.3) is 0 Å². The Morgan fingerprint density at radius 2 is 1.72 bits per heavy atom. The standard InChI is InChI=1S/C17H14FNO6/c1-10(16(20)11-3-6-13(18)7-4-11)25-15-8-5-12(17(21)24-2)9-14(15)19(22)23/h3-10H,1-2H3/t10-/m1/s1. The number of nitro groups is 1. The number of ether oxygens (including phenoxy) is 2. The van der Waals surface area contributed by atoms with E-state index in [1.54, 1.807) is 0 Å². The Balaban J connectivity index is 2.26. The van der Waals surface area contributed by atoms with Crippen LogP contribution in [0.15, 0.2) is 42.5 Å². The first-order valence-corrected chi connectivity index (χ1v) is 7.16. The first-order valence-electron chi connectivity index (χ1n) is 7.16. The summed E-state index contributed by atoms with van der Waals surface area (Å²) in [6.45, 7) is 1.42. The van der Waals surface area contributed by atoms with Crippen LogP contribution in [0, 0.1) is 15.9 Å². The average molecular weight is 347 g/mol. The average Bonchev–Trinajstić information content (AvgIpc) is 2.61. The Morgan fingerprint density at radius 1 is 1.12 bits per heavy atom. The normalized spacial score (nSPS) is 11.5. The molecule has 0 spiro atoms.